The number of ether oxygens (including phenoxy) is 1. The molecule has 4 heteroatoms. The zero-order chi connectivity index (χ0) is 16.8. The van der Waals surface area contributed by atoms with Gasteiger partial charge in [-0.3, -0.25) is 9.78 Å². The number of aromatic nitrogens is 1. The van der Waals surface area contributed by atoms with Crippen molar-refractivity contribution in [1.29, 1.82) is 0 Å². The molecule has 1 N–H and O–H groups in total. The molecule has 1 aromatic heterocycles. The summed E-state index contributed by atoms with van der Waals surface area (Å²) in [5.74, 6) is 0.328. The predicted molar refractivity (Wildman–Crippen MR) is 94.1 cm³/mol. The number of amides is 1. The number of nitrogens with one attached hydrogen (secondary N) is 1. The molecule has 0 saturated carbocycles. The summed E-state index contributed by atoms with van der Waals surface area (Å²) < 4.78 is 6.01. The number of para-hydroxylation sites is 1. The Kier molecular flexibility index (Phi) is 4.87. The fourth-order valence-corrected chi connectivity index (χ4v) is 2.37. The number of carbonyl (C=O) groups excluding carboxylic acids is 1. The third-order valence-corrected chi connectivity index (χ3v) is 3.62. The number of hydrogen-bond acceptors (Lipinski definition) is 3. The van der Waals surface area contributed by atoms with Gasteiger partial charge in [-0.1, -0.05) is 42.5 Å². The van der Waals surface area contributed by atoms with E-state index in [0.29, 0.717) is 17.0 Å². The van der Waals surface area contributed by atoms with Crippen LogP contribution in [0.3, 0.4) is 0 Å². The van der Waals surface area contributed by atoms with Crippen LogP contribution in [0.2, 0.25) is 0 Å². The van der Waals surface area contributed by atoms with Crippen LogP contribution in [-0.4, -0.2) is 10.9 Å². The van der Waals surface area contributed by atoms with Gasteiger partial charge in [0.1, 0.15) is 11.9 Å². The lowest BCUT2D eigenvalue weighted by molar-refractivity contribution is 0.102. The van der Waals surface area contributed by atoms with E-state index in [1.54, 1.807) is 36.7 Å². The largest absolute Gasteiger partial charge is 0.485 e. The minimum atomic E-state index is -0.223. The highest BCUT2D eigenvalue weighted by Gasteiger charge is 2.15. The van der Waals surface area contributed by atoms with Gasteiger partial charge in [-0.25, -0.2) is 0 Å². The molecule has 2 aromatic carbocycles. The molecule has 1 atom stereocenters. The van der Waals surface area contributed by atoms with Gasteiger partial charge >= 0.3 is 0 Å². The van der Waals surface area contributed by atoms with Crippen molar-refractivity contribution in [2.75, 3.05) is 5.32 Å². The molecule has 0 fully saturated rings. The first-order valence-electron chi connectivity index (χ1n) is 7.76. The van der Waals surface area contributed by atoms with E-state index in [0.717, 1.165) is 5.56 Å². The number of benzene rings is 2. The van der Waals surface area contributed by atoms with Crippen molar-refractivity contribution in [3.8, 4) is 5.75 Å². The average Bonchev–Trinajstić information content (AvgIpc) is 2.63. The number of hydrogen-bond donors (Lipinski definition) is 1. The van der Waals surface area contributed by atoms with E-state index in [4.69, 9.17) is 4.74 Å². The van der Waals surface area contributed by atoms with E-state index in [-0.39, 0.29) is 12.0 Å². The van der Waals surface area contributed by atoms with Crippen molar-refractivity contribution in [2.45, 2.75) is 13.0 Å². The summed E-state index contributed by atoms with van der Waals surface area (Å²) in [5, 5.41) is 2.83. The highest BCUT2D eigenvalue weighted by atomic mass is 16.5. The van der Waals surface area contributed by atoms with Gasteiger partial charge in [0.15, 0.2) is 0 Å². The van der Waals surface area contributed by atoms with Gasteiger partial charge < -0.3 is 10.1 Å². The van der Waals surface area contributed by atoms with Crippen LogP contribution >= 0.6 is 0 Å². The van der Waals surface area contributed by atoms with E-state index in [1.807, 2.05) is 49.4 Å². The Balaban J connectivity index is 1.79. The van der Waals surface area contributed by atoms with Gasteiger partial charge in [0, 0.05) is 6.20 Å². The number of carbonyl (C=O) groups is 1. The quantitative estimate of drug-likeness (QED) is 0.755. The Hall–Kier alpha value is -3.14. The van der Waals surface area contributed by atoms with E-state index in [9.17, 15) is 4.79 Å². The summed E-state index contributed by atoms with van der Waals surface area (Å²) in [4.78, 5) is 16.5. The molecule has 4 nitrogen and oxygen atoms in total. The fourth-order valence-electron chi connectivity index (χ4n) is 2.37. The highest BCUT2D eigenvalue weighted by molar-refractivity contribution is 6.06. The second kappa shape index (κ2) is 7.42. The van der Waals surface area contributed by atoms with Crippen LogP contribution in [0.1, 0.15) is 28.9 Å². The van der Waals surface area contributed by atoms with Crippen LogP contribution in [0.5, 0.6) is 5.75 Å². The van der Waals surface area contributed by atoms with Crippen LogP contribution in [0, 0.1) is 0 Å². The van der Waals surface area contributed by atoms with Gasteiger partial charge in [0.05, 0.1) is 17.4 Å². The van der Waals surface area contributed by atoms with Gasteiger partial charge in [-0.15, -0.1) is 0 Å². The van der Waals surface area contributed by atoms with Gasteiger partial charge in [-0.05, 0) is 36.8 Å². The highest BCUT2D eigenvalue weighted by Crippen LogP contribution is 2.25. The maximum atomic E-state index is 12.5. The molecule has 0 aliphatic carbocycles. The maximum absolute atomic E-state index is 12.5. The molecule has 0 radical (unpaired) electrons. The topological polar surface area (TPSA) is 51.2 Å². The third kappa shape index (κ3) is 3.79. The van der Waals surface area contributed by atoms with Crippen LogP contribution in [0.15, 0.2) is 79.1 Å². The summed E-state index contributed by atoms with van der Waals surface area (Å²) in [5.41, 5.74) is 2.19. The number of pyridine rings is 1. The Labute approximate surface area is 141 Å². The van der Waals surface area contributed by atoms with E-state index in [2.05, 4.69) is 10.3 Å². The van der Waals surface area contributed by atoms with Crippen molar-refractivity contribution < 1.29 is 9.53 Å². The first-order chi connectivity index (χ1) is 11.7. The lowest BCUT2D eigenvalue weighted by atomic mass is 10.1. The molecular formula is C20H18N2O2. The van der Waals surface area contributed by atoms with E-state index >= 15 is 0 Å². The molecule has 3 aromatic rings. The van der Waals surface area contributed by atoms with Crippen molar-refractivity contribution in [1.82, 2.24) is 4.98 Å². The Bertz CT molecular complexity index is 804. The normalized spacial score (nSPS) is 11.5. The number of nitrogens with zero attached hydrogens (tertiary/aromatic N) is 1. The Morgan fingerprint density at radius 3 is 2.50 bits per heavy atom. The predicted octanol–water partition coefficient (Wildman–Crippen LogP) is 4.47. The lowest BCUT2D eigenvalue weighted by Crippen LogP contribution is -2.14. The minimum absolute atomic E-state index is 0.154. The molecule has 0 spiro atoms. The monoisotopic (exact) mass is 318 g/mol. The summed E-state index contributed by atoms with van der Waals surface area (Å²) in [6, 6.07) is 20.7. The number of rotatable bonds is 5. The van der Waals surface area contributed by atoms with Gasteiger partial charge in [0.2, 0.25) is 0 Å². The molecule has 1 heterocycles. The molecule has 0 aliphatic rings. The molecule has 0 bridgehead atoms. The fraction of sp³-hybridized carbons (Fsp3) is 0.100. The third-order valence-electron chi connectivity index (χ3n) is 3.62. The Morgan fingerprint density at radius 1 is 1.00 bits per heavy atom. The molecule has 3 rings (SSSR count). The van der Waals surface area contributed by atoms with E-state index < -0.39 is 0 Å². The lowest BCUT2D eigenvalue weighted by Gasteiger charge is -2.17. The standard InChI is InChI=1S/C20H18N2O2/c1-15(16-8-3-2-4-9-16)24-19-12-6-5-11-18(19)20(23)22-17-10-7-13-21-14-17/h2-15H,1H3,(H,22,23). The van der Waals surface area contributed by atoms with Crippen LogP contribution in [-0.2, 0) is 0 Å². The molecule has 0 saturated heterocycles. The number of anilines is 1. The van der Waals surface area contributed by atoms with Crippen LogP contribution < -0.4 is 10.1 Å². The van der Waals surface area contributed by atoms with Crippen molar-refractivity contribution in [3.05, 3.63) is 90.3 Å². The summed E-state index contributed by atoms with van der Waals surface area (Å²) >= 11 is 0. The zero-order valence-electron chi connectivity index (χ0n) is 13.3. The van der Waals surface area contributed by atoms with Crippen LogP contribution in [0.25, 0.3) is 0 Å². The smallest absolute Gasteiger partial charge is 0.259 e. The summed E-state index contributed by atoms with van der Waals surface area (Å²) in [7, 11) is 0. The molecule has 24 heavy (non-hydrogen) atoms. The van der Waals surface area contributed by atoms with Crippen LogP contribution in [0.4, 0.5) is 5.69 Å². The van der Waals surface area contributed by atoms with E-state index in [1.165, 1.54) is 0 Å². The molecule has 0 aliphatic heterocycles. The van der Waals surface area contributed by atoms with Gasteiger partial charge in [0.25, 0.3) is 5.91 Å². The van der Waals surface area contributed by atoms with Crippen molar-refractivity contribution in [2.24, 2.45) is 0 Å². The summed E-state index contributed by atoms with van der Waals surface area (Å²) in [6.45, 7) is 1.96. The van der Waals surface area contributed by atoms with Gasteiger partial charge in [-0.2, -0.15) is 0 Å². The zero-order valence-corrected chi connectivity index (χ0v) is 13.3. The second-order valence-electron chi connectivity index (χ2n) is 5.36. The molecular weight excluding hydrogens is 300 g/mol. The minimum Gasteiger partial charge on any atom is -0.485 e. The van der Waals surface area contributed by atoms with Crippen molar-refractivity contribution >= 4 is 11.6 Å². The Morgan fingerprint density at radius 2 is 1.75 bits per heavy atom. The maximum Gasteiger partial charge on any atom is 0.259 e. The first kappa shape index (κ1) is 15.7. The summed E-state index contributed by atoms with van der Waals surface area (Å²) in [6.07, 6.45) is 3.11. The second-order valence-corrected chi connectivity index (χ2v) is 5.36. The van der Waals surface area contributed by atoms with Crippen molar-refractivity contribution in [3.63, 3.8) is 0 Å². The SMILES string of the molecule is CC(Oc1ccccc1C(=O)Nc1cccnc1)c1ccccc1. The molecule has 1 amide bonds. The molecule has 120 valence electrons. The molecule has 1 unspecified atom stereocenters. The first-order valence-corrected chi connectivity index (χ1v) is 7.76. The average molecular weight is 318 g/mol.